The Morgan fingerprint density at radius 2 is 1.29 bits per heavy atom. The molecule has 1 N–H and O–H groups in total. The molecule has 0 heterocycles. The van der Waals surface area contributed by atoms with Gasteiger partial charge in [0.25, 0.3) is 0 Å². The van der Waals surface area contributed by atoms with Crippen molar-refractivity contribution < 1.29 is 4.74 Å². The maximum Gasteiger partial charge on any atom is 0.0466 e. The lowest BCUT2D eigenvalue weighted by atomic mass is 10.2. The van der Waals surface area contributed by atoms with Crippen molar-refractivity contribution in [2.75, 3.05) is 26.3 Å². The Hall–Kier alpha value is -0.0800. The van der Waals surface area contributed by atoms with Gasteiger partial charge in [-0.25, -0.2) is 0 Å². The molecule has 0 fully saturated rings. The molecule has 0 unspecified atom stereocenters. The normalized spacial score (nSPS) is 10.9. The van der Waals surface area contributed by atoms with Crippen LogP contribution in [0.5, 0.6) is 0 Å². The molecular weight excluding hydrogens is 210 g/mol. The molecule has 0 aromatic rings. The molecular formula is C15H33NO. The molecule has 0 aliphatic heterocycles. The van der Waals surface area contributed by atoms with E-state index in [1.54, 1.807) is 0 Å². The zero-order valence-corrected chi connectivity index (χ0v) is 12.1. The summed E-state index contributed by atoms with van der Waals surface area (Å²) in [5.41, 5.74) is 0. The molecule has 0 aliphatic rings. The van der Waals surface area contributed by atoms with Crippen molar-refractivity contribution in [3.05, 3.63) is 0 Å². The van der Waals surface area contributed by atoms with Crippen molar-refractivity contribution >= 4 is 0 Å². The van der Waals surface area contributed by atoms with Crippen molar-refractivity contribution in [3.8, 4) is 0 Å². The molecule has 0 saturated carbocycles. The first kappa shape index (κ1) is 16.9. The van der Waals surface area contributed by atoms with E-state index in [0.29, 0.717) is 0 Å². The predicted octanol–water partition coefficient (Wildman–Crippen LogP) is 4.14. The first-order valence-electron chi connectivity index (χ1n) is 7.70. The Balaban J connectivity index is 2.85. The largest absolute Gasteiger partial charge is 0.381 e. The van der Waals surface area contributed by atoms with E-state index < -0.39 is 0 Å². The van der Waals surface area contributed by atoms with Gasteiger partial charge in [0, 0.05) is 13.2 Å². The molecule has 0 spiro atoms. The van der Waals surface area contributed by atoms with Crippen molar-refractivity contribution in [2.24, 2.45) is 0 Å². The Kier molecular flexibility index (Phi) is 15.8. The smallest absolute Gasteiger partial charge is 0.0466 e. The molecule has 2 nitrogen and oxygen atoms in total. The molecule has 0 aromatic heterocycles. The standard InChI is InChI=1S/C15H33NO/c1-3-5-6-10-14-17-15-11-8-7-9-13-16-12-4-2/h16H,3-15H2,1-2H3. The van der Waals surface area contributed by atoms with Crippen LogP contribution in [0.2, 0.25) is 0 Å². The lowest BCUT2D eigenvalue weighted by Crippen LogP contribution is -2.15. The Bertz CT molecular complexity index is 114. The highest BCUT2D eigenvalue weighted by atomic mass is 16.5. The van der Waals surface area contributed by atoms with E-state index in [1.165, 1.54) is 70.9 Å². The van der Waals surface area contributed by atoms with Gasteiger partial charge in [0.2, 0.25) is 0 Å². The minimum absolute atomic E-state index is 0.967. The van der Waals surface area contributed by atoms with E-state index in [-0.39, 0.29) is 0 Å². The maximum atomic E-state index is 5.61. The fraction of sp³-hybridized carbons (Fsp3) is 1.00. The second-order valence-electron chi connectivity index (χ2n) is 4.84. The molecule has 0 aliphatic carbocycles. The summed E-state index contributed by atoms with van der Waals surface area (Å²) >= 11 is 0. The number of rotatable bonds is 14. The van der Waals surface area contributed by atoms with Gasteiger partial charge in [0.15, 0.2) is 0 Å². The van der Waals surface area contributed by atoms with Crippen molar-refractivity contribution in [1.82, 2.24) is 5.32 Å². The second-order valence-corrected chi connectivity index (χ2v) is 4.84. The lowest BCUT2D eigenvalue weighted by molar-refractivity contribution is 0.126. The predicted molar refractivity (Wildman–Crippen MR) is 76.6 cm³/mol. The Morgan fingerprint density at radius 3 is 1.94 bits per heavy atom. The highest BCUT2D eigenvalue weighted by molar-refractivity contribution is 4.48. The van der Waals surface area contributed by atoms with Gasteiger partial charge >= 0.3 is 0 Å². The van der Waals surface area contributed by atoms with Gasteiger partial charge in [-0.05, 0) is 38.8 Å². The maximum absolute atomic E-state index is 5.61. The van der Waals surface area contributed by atoms with Gasteiger partial charge in [0.1, 0.15) is 0 Å². The van der Waals surface area contributed by atoms with Crippen LogP contribution in [0.25, 0.3) is 0 Å². The molecule has 0 rings (SSSR count). The number of ether oxygens (including phenoxy) is 1. The Morgan fingerprint density at radius 1 is 0.647 bits per heavy atom. The van der Waals surface area contributed by atoms with Crippen LogP contribution in [0.15, 0.2) is 0 Å². The van der Waals surface area contributed by atoms with Gasteiger partial charge in [-0.2, -0.15) is 0 Å². The average Bonchev–Trinajstić information content (AvgIpc) is 2.35. The third-order valence-corrected chi connectivity index (χ3v) is 2.96. The zero-order chi connectivity index (χ0) is 12.6. The third-order valence-electron chi connectivity index (χ3n) is 2.96. The molecule has 0 bridgehead atoms. The van der Waals surface area contributed by atoms with Crippen LogP contribution in [0, 0.1) is 0 Å². The summed E-state index contributed by atoms with van der Waals surface area (Å²) in [6.07, 6.45) is 11.7. The van der Waals surface area contributed by atoms with Gasteiger partial charge in [-0.3, -0.25) is 0 Å². The van der Waals surface area contributed by atoms with E-state index in [1.807, 2.05) is 0 Å². The first-order chi connectivity index (χ1) is 8.41. The van der Waals surface area contributed by atoms with Crippen LogP contribution < -0.4 is 5.32 Å². The van der Waals surface area contributed by atoms with E-state index >= 15 is 0 Å². The fourth-order valence-electron chi connectivity index (χ4n) is 1.84. The molecule has 0 aromatic carbocycles. The molecule has 104 valence electrons. The number of hydrogen-bond acceptors (Lipinski definition) is 2. The summed E-state index contributed by atoms with van der Waals surface area (Å²) in [4.78, 5) is 0. The highest BCUT2D eigenvalue weighted by Gasteiger charge is 1.92. The van der Waals surface area contributed by atoms with E-state index in [9.17, 15) is 0 Å². The van der Waals surface area contributed by atoms with Crippen LogP contribution in [0.1, 0.15) is 71.6 Å². The number of unbranched alkanes of at least 4 members (excludes halogenated alkanes) is 6. The monoisotopic (exact) mass is 243 g/mol. The first-order valence-corrected chi connectivity index (χ1v) is 7.70. The van der Waals surface area contributed by atoms with Crippen molar-refractivity contribution in [2.45, 2.75) is 71.6 Å². The lowest BCUT2D eigenvalue weighted by Gasteiger charge is -2.05. The highest BCUT2D eigenvalue weighted by Crippen LogP contribution is 2.02. The summed E-state index contributed by atoms with van der Waals surface area (Å²) in [6.45, 7) is 8.75. The van der Waals surface area contributed by atoms with Crippen LogP contribution in [-0.4, -0.2) is 26.3 Å². The zero-order valence-electron chi connectivity index (χ0n) is 12.1. The average molecular weight is 243 g/mol. The van der Waals surface area contributed by atoms with E-state index in [0.717, 1.165) is 13.2 Å². The summed E-state index contributed by atoms with van der Waals surface area (Å²) in [7, 11) is 0. The summed E-state index contributed by atoms with van der Waals surface area (Å²) in [5.74, 6) is 0. The quantitative estimate of drug-likeness (QED) is 0.463. The molecule has 0 saturated heterocycles. The van der Waals surface area contributed by atoms with Crippen LogP contribution in [0.3, 0.4) is 0 Å². The molecule has 2 heteroatoms. The second kappa shape index (κ2) is 15.9. The van der Waals surface area contributed by atoms with Gasteiger partial charge in [-0.15, -0.1) is 0 Å². The van der Waals surface area contributed by atoms with Crippen LogP contribution in [-0.2, 0) is 4.74 Å². The van der Waals surface area contributed by atoms with Crippen LogP contribution >= 0.6 is 0 Å². The molecule has 17 heavy (non-hydrogen) atoms. The minimum Gasteiger partial charge on any atom is -0.381 e. The fourth-order valence-corrected chi connectivity index (χ4v) is 1.84. The SMILES string of the molecule is CCCCCCOCCCCCCNCCC. The van der Waals surface area contributed by atoms with E-state index in [4.69, 9.17) is 4.74 Å². The van der Waals surface area contributed by atoms with E-state index in [2.05, 4.69) is 19.2 Å². The summed E-state index contributed by atoms with van der Waals surface area (Å²) < 4.78 is 5.61. The topological polar surface area (TPSA) is 21.3 Å². The van der Waals surface area contributed by atoms with Crippen LogP contribution in [0.4, 0.5) is 0 Å². The third kappa shape index (κ3) is 15.9. The van der Waals surface area contributed by atoms with Gasteiger partial charge < -0.3 is 10.1 Å². The van der Waals surface area contributed by atoms with Crippen molar-refractivity contribution in [3.63, 3.8) is 0 Å². The molecule has 0 atom stereocenters. The molecule has 0 radical (unpaired) electrons. The summed E-state index contributed by atoms with van der Waals surface area (Å²) in [6, 6.07) is 0. The molecule has 0 amide bonds. The minimum atomic E-state index is 0.967. The number of nitrogens with one attached hydrogen (secondary N) is 1. The summed E-state index contributed by atoms with van der Waals surface area (Å²) in [5, 5.41) is 3.43. The Labute approximate surface area is 109 Å². The van der Waals surface area contributed by atoms with Gasteiger partial charge in [0.05, 0.1) is 0 Å². The van der Waals surface area contributed by atoms with Gasteiger partial charge in [-0.1, -0.05) is 46.0 Å². The van der Waals surface area contributed by atoms with Crippen molar-refractivity contribution in [1.29, 1.82) is 0 Å². The number of hydrogen-bond donors (Lipinski definition) is 1.